The van der Waals surface area contributed by atoms with Gasteiger partial charge in [-0.05, 0) is 6.42 Å². The van der Waals surface area contributed by atoms with Gasteiger partial charge in [-0.1, -0.05) is 27.7 Å². The zero-order valence-electron chi connectivity index (χ0n) is 11.9. The molecule has 0 amide bonds. The van der Waals surface area contributed by atoms with E-state index in [0.29, 0.717) is 0 Å². The van der Waals surface area contributed by atoms with E-state index < -0.39 is 0 Å². The van der Waals surface area contributed by atoms with Crippen LogP contribution in [0, 0.1) is 0 Å². The molecule has 0 fully saturated rings. The molecular formula is C13H20N4S2. The van der Waals surface area contributed by atoms with Crippen LogP contribution in [0.2, 0.25) is 0 Å². The molecule has 19 heavy (non-hydrogen) atoms. The maximum atomic E-state index is 4.55. The Morgan fingerprint density at radius 3 is 2.63 bits per heavy atom. The predicted octanol–water partition coefficient (Wildman–Crippen LogP) is 3.51. The van der Waals surface area contributed by atoms with Gasteiger partial charge in [-0.25, -0.2) is 9.97 Å². The number of rotatable bonds is 5. The average molecular weight is 296 g/mol. The molecule has 0 bridgehead atoms. The minimum absolute atomic E-state index is 0.0152. The van der Waals surface area contributed by atoms with Crippen molar-refractivity contribution in [2.24, 2.45) is 0 Å². The van der Waals surface area contributed by atoms with E-state index in [1.165, 1.54) is 16.5 Å². The van der Waals surface area contributed by atoms with Crippen molar-refractivity contribution >= 4 is 28.0 Å². The molecule has 0 saturated heterocycles. The monoisotopic (exact) mass is 296 g/mol. The Bertz CT molecular complexity index is 525. The predicted molar refractivity (Wildman–Crippen MR) is 82.3 cm³/mol. The third kappa shape index (κ3) is 3.98. The lowest BCUT2D eigenvalue weighted by Gasteiger charge is -2.12. The first-order valence-electron chi connectivity index (χ1n) is 6.50. The van der Waals surface area contributed by atoms with Crippen LogP contribution in [0.1, 0.15) is 44.2 Å². The van der Waals surface area contributed by atoms with Crippen molar-refractivity contribution in [3.63, 3.8) is 0 Å². The van der Waals surface area contributed by atoms with E-state index in [-0.39, 0.29) is 5.41 Å². The number of aromatic nitrogens is 3. The fraction of sp³-hybridized carbons (Fsp3) is 0.615. The highest BCUT2D eigenvalue weighted by Crippen LogP contribution is 2.22. The molecule has 0 aliphatic heterocycles. The Morgan fingerprint density at radius 2 is 2.05 bits per heavy atom. The van der Waals surface area contributed by atoms with Crippen LogP contribution >= 0.6 is 22.9 Å². The number of hydrogen-bond acceptors (Lipinski definition) is 6. The van der Waals surface area contributed by atoms with E-state index in [1.807, 2.05) is 0 Å². The molecule has 2 aromatic rings. The van der Waals surface area contributed by atoms with Crippen molar-refractivity contribution in [1.82, 2.24) is 14.3 Å². The van der Waals surface area contributed by atoms with Crippen LogP contribution in [0.25, 0.3) is 0 Å². The first-order valence-corrected chi connectivity index (χ1v) is 8.15. The Hall–Kier alpha value is -1.01. The van der Waals surface area contributed by atoms with E-state index >= 15 is 0 Å². The molecule has 0 atom stereocenters. The van der Waals surface area contributed by atoms with Gasteiger partial charge >= 0.3 is 0 Å². The van der Waals surface area contributed by atoms with Crippen molar-refractivity contribution < 1.29 is 0 Å². The number of nitrogens with one attached hydrogen (secondary N) is 1. The fourth-order valence-electron chi connectivity index (χ4n) is 1.52. The third-order valence-corrected chi connectivity index (χ3v) is 4.37. The summed E-state index contributed by atoms with van der Waals surface area (Å²) in [6.45, 7) is 9.36. The quantitative estimate of drug-likeness (QED) is 0.917. The highest BCUT2D eigenvalue weighted by Gasteiger charge is 2.19. The van der Waals surface area contributed by atoms with Crippen LogP contribution < -0.4 is 5.32 Å². The zero-order valence-corrected chi connectivity index (χ0v) is 13.5. The summed E-state index contributed by atoms with van der Waals surface area (Å²) in [5.41, 5.74) is 1.18. The van der Waals surface area contributed by atoms with Crippen molar-refractivity contribution in [3.8, 4) is 0 Å². The zero-order chi connectivity index (χ0) is 13.9. The number of thiazole rings is 1. The maximum Gasteiger partial charge on any atom is 0.202 e. The molecular weight excluding hydrogens is 276 g/mol. The third-order valence-electron chi connectivity index (χ3n) is 2.66. The van der Waals surface area contributed by atoms with Gasteiger partial charge < -0.3 is 5.32 Å². The highest BCUT2D eigenvalue weighted by molar-refractivity contribution is 7.09. The van der Waals surface area contributed by atoms with Crippen LogP contribution in [-0.4, -0.2) is 20.9 Å². The van der Waals surface area contributed by atoms with Gasteiger partial charge in [0.25, 0.3) is 0 Å². The molecule has 2 heterocycles. The largest absolute Gasteiger partial charge is 0.360 e. The molecule has 0 saturated carbocycles. The summed E-state index contributed by atoms with van der Waals surface area (Å²) in [6.07, 6.45) is 1.95. The molecule has 0 unspecified atom stereocenters. The van der Waals surface area contributed by atoms with Gasteiger partial charge in [-0.3, -0.25) is 0 Å². The molecule has 6 heteroatoms. The van der Waals surface area contributed by atoms with Crippen molar-refractivity contribution in [1.29, 1.82) is 0 Å². The van der Waals surface area contributed by atoms with Crippen LogP contribution in [0.5, 0.6) is 0 Å². The van der Waals surface area contributed by atoms with Crippen LogP contribution in [-0.2, 0) is 18.3 Å². The van der Waals surface area contributed by atoms with Crippen LogP contribution in [0.3, 0.4) is 0 Å². The minimum Gasteiger partial charge on any atom is -0.360 e. The first kappa shape index (κ1) is 14.4. The van der Waals surface area contributed by atoms with Crippen LogP contribution in [0.15, 0.2) is 5.38 Å². The second kappa shape index (κ2) is 5.96. The molecule has 0 aliphatic carbocycles. The minimum atomic E-state index is 0.0152. The van der Waals surface area contributed by atoms with E-state index in [9.17, 15) is 0 Å². The number of hydrogen-bond donors (Lipinski definition) is 1. The second-order valence-electron chi connectivity index (χ2n) is 5.44. The van der Waals surface area contributed by atoms with Gasteiger partial charge in [0, 0.05) is 35.3 Å². The molecule has 1 N–H and O–H groups in total. The molecule has 0 aliphatic rings. The number of anilines is 1. The Morgan fingerprint density at radius 1 is 1.26 bits per heavy atom. The lowest BCUT2D eigenvalue weighted by atomic mass is 9.96. The number of aryl methyl sites for hydroxylation is 1. The fourth-order valence-corrected chi connectivity index (χ4v) is 3.08. The molecule has 2 aromatic heterocycles. The number of nitrogens with zero attached hydrogens (tertiary/aromatic N) is 3. The molecule has 2 rings (SSSR count). The molecule has 0 aromatic carbocycles. The molecule has 4 nitrogen and oxygen atoms in total. The lowest BCUT2D eigenvalue weighted by Crippen LogP contribution is -2.13. The van der Waals surface area contributed by atoms with Crippen molar-refractivity contribution in [2.45, 2.75) is 46.0 Å². The summed E-state index contributed by atoms with van der Waals surface area (Å²) in [5, 5.41) is 7.57. The van der Waals surface area contributed by atoms with Gasteiger partial charge in [-0.2, -0.15) is 4.37 Å². The molecule has 104 valence electrons. The summed E-state index contributed by atoms with van der Waals surface area (Å²) in [6, 6.07) is 0. The Balaban J connectivity index is 1.84. The highest BCUT2D eigenvalue weighted by atomic mass is 32.1. The van der Waals surface area contributed by atoms with Crippen LogP contribution in [0.4, 0.5) is 5.13 Å². The van der Waals surface area contributed by atoms with Gasteiger partial charge in [0.05, 0.1) is 10.7 Å². The normalized spacial score (nSPS) is 11.8. The summed E-state index contributed by atoms with van der Waals surface area (Å²) in [7, 11) is 0. The maximum absolute atomic E-state index is 4.55. The van der Waals surface area contributed by atoms with E-state index in [1.54, 1.807) is 11.3 Å². The summed E-state index contributed by atoms with van der Waals surface area (Å²) in [4.78, 5) is 9.06. The lowest BCUT2D eigenvalue weighted by molar-refractivity contribution is 0.555. The van der Waals surface area contributed by atoms with Gasteiger partial charge in [0.15, 0.2) is 0 Å². The first-order chi connectivity index (χ1) is 8.99. The standard InChI is InChI=1S/C13H20N4S2/c1-5-10-15-9(8-18-10)6-7-14-12-16-11(17-19-12)13(2,3)4/h8H,5-7H2,1-4H3,(H,14,16,17). The van der Waals surface area contributed by atoms with Crippen molar-refractivity contribution in [2.75, 3.05) is 11.9 Å². The summed E-state index contributed by atoms with van der Waals surface area (Å²) < 4.78 is 4.38. The average Bonchev–Trinajstić information content (AvgIpc) is 2.96. The van der Waals surface area contributed by atoms with E-state index in [2.05, 4.69) is 52.7 Å². The van der Waals surface area contributed by atoms with Gasteiger partial charge in [0.2, 0.25) is 5.13 Å². The molecule has 0 spiro atoms. The van der Waals surface area contributed by atoms with E-state index in [4.69, 9.17) is 0 Å². The molecule has 0 radical (unpaired) electrons. The summed E-state index contributed by atoms with van der Waals surface area (Å²) >= 11 is 3.17. The SMILES string of the molecule is CCc1nc(CCNc2nc(C(C)(C)C)ns2)cs1. The van der Waals surface area contributed by atoms with Crippen molar-refractivity contribution in [3.05, 3.63) is 21.9 Å². The Labute approximate surface area is 122 Å². The van der Waals surface area contributed by atoms with Gasteiger partial charge in [0.1, 0.15) is 5.82 Å². The van der Waals surface area contributed by atoms with Gasteiger partial charge in [-0.15, -0.1) is 11.3 Å². The van der Waals surface area contributed by atoms with E-state index in [0.717, 1.165) is 36.0 Å². The summed E-state index contributed by atoms with van der Waals surface area (Å²) in [5.74, 6) is 0.905. The smallest absolute Gasteiger partial charge is 0.202 e. The second-order valence-corrected chi connectivity index (χ2v) is 7.13. The topological polar surface area (TPSA) is 50.7 Å². The Kier molecular flexibility index (Phi) is 4.52.